The Morgan fingerprint density at radius 3 is 2.42 bits per heavy atom. The first-order chi connectivity index (χ1) is 9.16. The van der Waals surface area contributed by atoms with E-state index < -0.39 is 6.10 Å². The molecule has 0 saturated heterocycles. The fraction of sp³-hybridized carbons (Fsp3) is 0.375. The van der Waals surface area contributed by atoms with E-state index in [0.717, 1.165) is 12.1 Å². The Morgan fingerprint density at radius 1 is 1.11 bits per heavy atom. The van der Waals surface area contributed by atoms with Crippen LogP contribution in [0.4, 0.5) is 0 Å². The third-order valence-corrected chi connectivity index (χ3v) is 4.12. The summed E-state index contributed by atoms with van der Waals surface area (Å²) >= 11 is 1.77. The van der Waals surface area contributed by atoms with Gasteiger partial charge in [-0.1, -0.05) is 36.4 Å². The van der Waals surface area contributed by atoms with Crippen molar-refractivity contribution in [3.63, 3.8) is 0 Å². The number of nitrogens with zero attached hydrogens (tertiary/aromatic N) is 1. The largest absolute Gasteiger partial charge is 0.387 e. The lowest BCUT2D eigenvalue weighted by atomic mass is 10.1. The molecule has 19 heavy (non-hydrogen) atoms. The molecule has 0 aliphatic carbocycles. The molecule has 1 aromatic heterocycles. The molecule has 0 radical (unpaired) electrons. The van der Waals surface area contributed by atoms with E-state index in [1.807, 2.05) is 30.3 Å². The number of hydrogen-bond donors (Lipinski definition) is 1. The van der Waals surface area contributed by atoms with Gasteiger partial charge in [-0.3, -0.25) is 4.90 Å². The fourth-order valence-electron chi connectivity index (χ4n) is 2.06. The second-order valence-electron chi connectivity index (χ2n) is 5.03. The van der Waals surface area contributed by atoms with Crippen LogP contribution >= 0.6 is 11.3 Å². The van der Waals surface area contributed by atoms with Gasteiger partial charge in [-0.15, -0.1) is 11.3 Å². The minimum Gasteiger partial charge on any atom is -0.387 e. The summed E-state index contributed by atoms with van der Waals surface area (Å²) < 4.78 is 0. The van der Waals surface area contributed by atoms with E-state index in [2.05, 4.69) is 36.3 Å². The molecule has 1 aromatic carbocycles. The average Bonchev–Trinajstić information content (AvgIpc) is 2.91. The maximum atomic E-state index is 10.3. The molecule has 0 fully saturated rings. The molecular weight excluding hydrogens is 254 g/mol. The normalized spacial score (nSPS) is 13.1. The van der Waals surface area contributed by atoms with Crippen LogP contribution in [0.1, 0.15) is 30.4 Å². The molecule has 2 rings (SSSR count). The highest BCUT2D eigenvalue weighted by molar-refractivity contribution is 7.09. The van der Waals surface area contributed by atoms with Crippen molar-refractivity contribution < 1.29 is 5.11 Å². The summed E-state index contributed by atoms with van der Waals surface area (Å²) in [6.07, 6.45) is -0.427. The second-order valence-corrected chi connectivity index (χ2v) is 6.06. The number of benzene rings is 1. The summed E-state index contributed by atoms with van der Waals surface area (Å²) in [5.74, 6) is 0. The van der Waals surface area contributed by atoms with Gasteiger partial charge in [0.25, 0.3) is 0 Å². The van der Waals surface area contributed by atoms with Gasteiger partial charge in [0.2, 0.25) is 0 Å². The van der Waals surface area contributed by atoms with Crippen LogP contribution < -0.4 is 0 Å². The second kappa shape index (κ2) is 6.85. The summed E-state index contributed by atoms with van der Waals surface area (Å²) in [4.78, 5) is 3.65. The molecule has 0 saturated carbocycles. The molecule has 1 N–H and O–H groups in total. The maximum Gasteiger partial charge on any atom is 0.0917 e. The standard InChI is InChI=1S/C16H21NOS/c1-13(2)17(11-15-9-6-10-19-15)12-16(18)14-7-4-3-5-8-14/h3-10,13,16,18H,11-12H2,1-2H3. The van der Waals surface area contributed by atoms with Crippen LogP contribution in [0.15, 0.2) is 47.8 Å². The third kappa shape index (κ3) is 4.16. The number of rotatable bonds is 6. The Morgan fingerprint density at radius 2 is 1.84 bits per heavy atom. The Labute approximate surface area is 119 Å². The average molecular weight is 275 g/mol. The van der Waals surface area contributed by atoms with Gasteiger partial charge < -0.3 is 5.11 Å². The maximum absolute atomic E-state index is 10.3. The molecule has 1 unspecified atom stereocenters. The molecule has 102 valence electrons. The summed E-state index contributed by atoms with van der Waals surface area (Å²) in [5.41, 5.74) is 0.985. The van der Waals surface area contributed by atoms with Crippen LogP contribution in [0.25, 0.3) is 0 Å². The lowest BCUT2D eigenvalue weighted by Gasteiger charge is -2.28. The molecule has 0 spiro atoms. The Balaban J connectivity index is 2.00. The first kappa shape index (κ1) is 14.3. The number of aliphatic hydroxyl groups excluding tert-OH is 1. The lowest BCUT2D eigenvalue weighted by Crippen LogP contribution is -2.34. The third-order valence-electron chi connectivity index (χ3n) is 3.26. The van der Waals surface area contributed by atoms with Crippen molar-refractivity contribution >= 4 is 11.3 Å². The van der Waals surface area contributed by atoms with E-state index in [-0.39, 0.29) is 0 Å². The van der Waals surface area contributed by atoms with Crippen LogP contribution in [0, 0.1) is 0 Å². The first-order valence-corrected chi connectivity index (χ1v) is 7.54. The van der Waals surface area contributed by atoms with Crippen molar-refractivity contribution in [3.05, 3.63) is 58.3 Å². The van der Waals surface area contributed by atoms with Gasteiger partial charge in [0.1, 0.15) is 0 Å². The number of hydrogen-bond acceptors (Lipinski definition) is 3. The molecule has 0 bridgehead atoms. The molecule has 0 aliphatic rings. The Kier molecular flexibility index (Phi) is 5.14. The zero-order valence-electron chi connectivity index (χ0n) is 11.5. The van der Waals surface area contributed by atoms with Crippen LogP contribution in [0.2, 0.25) is 0 Å². The van der Waals surface area contributed by atoms with Crippen molar-refractivity contribution in [1.82, 2.24) is 4.90 Å². The zero-order chi connectivity index (χ0) is 13.7. The topological polar surface area (TPSA) is 23.5 Å². The molecule has 2 nitrogen and oxygen atoms in total. The van der Waals surface area contributed by atoms with Crippen LogP contribution in [-0.2, 0) is 6.54 Å². The van der Waals surface area contributed by atoms with E-state index >= 15 is 0 Å². The molecule has 2 aromatic rings. The van der Waals surface area contributed by atoms with E-state index in [4.69, 9.17) is 0 Å². The van der Waals surface area contributed by atoms with Crippen LogP contribution in [-0.4, -0.2) is 22.6 Å². The highest BCUT2D eigenvalue weighted by Gasteiger charge is 2.16. The highest BCUT2D eigenvalue weighted by atomic mass is 32.1. The van der Waals surface area contributed by atoms with Gasteiger partial charge in [0, 0.05) is 24.0 Å². The molecule has 3 heteroatoms. The molecule has 0 amide bonds. The minimum absolute atomic E-state index is 0.417. The predicted molar refractivity (Wildman–Crippen MR) is 81.3 cm³/mol. The van der Waals surface area contributed by atoms with Crippen LogP contribution in [0.5, 0.6) is 0 Å². The number of thiophene rings is 1. The van der Waals surface area contributed by atoms with Crippen molar-refractivity contribution in [2.45, 2.75) is 32.5 Å². The van der Waals surface area contributed by atoms with Gasteiger partial charge in [0.05, 0.1) is 6.10 Å². The van der Waals surface area contributed by atoms with Crippen molar-refractivity contribution in [2.24, 2.45) is 0 Å². The van der Waals surface area contributed by atoms with E-state index in [1.165, 1.54) is 4.88 Å². The smallest absolute Gasteiger partial charge is 0.0917 e. The first-order valence-electron chi connectivity index (χ1n) is 6.66. The molecular formula is C16H21NOS. The monoisotopic (exact) mass is 275 g/mol. The molecule has 0 aliphatic heterocycles. The predicted octanol–water partition coefficient (Wildman–Crippen LogP) is 3.69. The van der Waals surface area contributed by atoms with Crippen molar-refractivity contribution in [3.8, 4) is 0 Å². The lowest BCUT2D eigenvalue weighted by molar-refractivity contribution is 0.0914. The minimum atomic E-state index is -0.427. The van der Waals surface area contributed by atoms with Crippen LogP contribution in [0.3, 0.4) is 0 Å². The van der Waals surface area contributed by atoms with Crippen molar-refractivity contribution in [1.29, 1.82) is 0 Å². The van der Waals surface area contributed by atoms with Gasteiger partial charge in [0.15, 0.2) is 0 Å². The Hall–Kier alpha value is -1.16. The number of aliphatic hydroxyl groups is 1. The summed E-state index contributed by atoms with van der Waals surface area (Å²) in [7, 11) is 0. The Bertz CT molecular complexity index is 467. The van der Waals surface area contributed by atoms with E-state index in [9.17, 15) is 5.11 Å². The highest BCUT2D eigenvalue weighted by Crippen LogP contribution is 2.19. The van der Waals surface area contributed by atoms with Crippen molar-refractivity contribution in [2.75, 3.05) is 6.54 Å². The molecule has 1 atom stereocenters. The van der Waals surface area contributed by atoms with Gasteiger partial charge >= 0.3 is 0 Å². The fourth-order valence-corrected chi connectivity index (χ4v) is 2.79. The summed E-state index contributed by atoms with van der Waals surface area (Å²) in [6, 6.07) is 14.5. The van der Waals surface area contributed by atoms with Gasteiger partial charge in [-0.05, 0) is 30.9 Å². The van der Waals surface area contributed by atoms with E-state index in [1.54, 1.807) is 11.3 Å². The SMILES string of the molecule is CC(C)N(Cc1cccs1)CC(O)c1ccccc1. The zero-order valence-corrected chi connectivity index (χ0v) is 12.3. The van der Waals surface area contributed by atoms with Gasteiger partial charge in [-0.25, -0.2) is 0 Å². The van der Waals surface area contributed by atoms with E-state index in [0.29, 0.717) is 12.6 Å². The quantitative estimate of drug-likeness (QED) is 0.869. The summed E-state index contributed by atoms with van der Waals surface area (Å²) in [6.45, 7) is 5.91. The summed E-state index contributed by atoms with van der Waals surface area (Å²) in [5, 5.41) is 12.4. The van der Waals surface area contributed by atoms with Gasteiger partial charge in [-0.2, -0.15) is 0 Å². The molecule has 1 heterocycles.